The highest BCUT2D eigenvalue weighted by atomic mass is 35.5. The first-order valence-corrected chi connectivity index (χ1v) is 14.6. The largest absolute Gasteiger partial charge is 0.366 e. The highest BCUT2D eigenvalue weighted by molar-refractivity contribution is 6.37. The minimum Gasteiger partial charge on any atom is -0.366 e. The minimum atomic E-state index is -0.176. The Labute approximate surface area is 252 Å². The zero-order valence-corrected chi connectivity index (χ0v) is 25.1. The molecule has 2 aliphatic rings. The Morgan fingerprint density at radius 3 is 2.52 bits per heavy atom. The van der Waals surface area contributed by atoms with E-state index in [2.05, 4.69) is 63.2 Å². The fourth-order valence-electron chi connectivity index (χ4n) is 5.53. The van der Waals surface area contributed by atoms with Gasteiger partial charge in [-0.25, -0.2) is 4.99 Å². The monoisotopic (exact) mass is 581 g/mol. The number of carbonyl (C=O) groups excluding carboxylic acids is 1. The summed E-state index contributed by atoms with van der Waals surface area (Å²) in [6, 6.07) is 14.2. The molecule has 5 rings (SSSR count). The summed E-state index contributed by atoms with van der Waals surface area (Å²) in [7, 11) is 2.18. The average molecular weight is 582 g/mol. The van der Waals surface area contributed by atoms with Gasteiger partial charge in [0.05, 0.1) is 11.4 Å². The number of aliphatic imine (C=N–C) groups is 2. The van der Waals surface area contributed by atoms with Crippen molar-refractivity contribution in [1.29, 1.82) is 0 Å². The molecule has 0 spiro atoms. The highest BCUT2D eigenvalue weighted by Gasteiger charge is 2.31. The molecule has 42 heavy (non-hydrogen) atoms. The van der Waals surface area contributed by atoms with Gasteiger partial charge in [0, 0.05) is 58.1 Å². The second kappa shape index (κ2) is 13.2. The van der Waals surface area contributed by atoms with Gasteiger partial charge in [0.2, 0.25) is 0 Å². The third-order valence-corrected chi connectivity index (χ3v) is 8.18. The van der Waals surface area contributed by atoms with Crippen molar-refractivity contribution in [3.63, 3.8) is 0 Å². The third-order valence-electron chi connectivity index (χ3n) is 7.86. The standard InChI is InChI=1S/C33H36ClN7O/c1-5-41-32(39-21-38-27-9-6-23(7-10-27)24-12-16-40(4)17-13-24)26(20-35-3)18-29(33(41)42)28-11-8-25(19-30(28)34)31-22(2)36-14-15-37-31/h6-11,14-15,18-20,24,38H,3,5,12-13,16-17,21H2,1-2,4H3/b26-20-,39-32+. The number of likely N-dealkylation sites (tertiary alicyclic amines) is 1. The predicted molar refractivity (Wildman–Crippen MR) is 172 cm³/mol. The summed E-state index contributed by atoms with van der Waals surface area (Å²) in [5.41, 5.74) is 6.53. The van der Waals surface area contributed by atoms with Crippen molar-refractivity contribution in [2.75, 3.05) is 38.7 Å². The maximum atomic E-state index is 13.7. The molecule has 2 aliphatic heterocycles. The molecular formula is C33H36ClN7O. The molecule has 1 fully saturated rings. The van der Waals surface area contributed by atoms with Crippen molar-refractivity contribution in [3.05, 3.63) is 94.6 Å². The number of nitrogens with one attached hydrogen (secondary N) is 1. The Bertz CT molecular complexity index is 1550. The van der Waals surface area contributed by atoms with Crippen LogP contribution in [0.1, 0.15) is 42.5 Å². The molecule has 3 heterocycles. The molecule has 0 aliphatic carbocycles. The van der Waals surface area contributed by atoms with Crippen LogP contribution in [0.2, 0.25) is 5.02 Å². The van der Waals surface area contributed by atoms with Crippen LogP contribution in [0.4, 0.5) is 5.69 Å². The lowest BCUT2D eigenvalue weighted by molar-refractivity contribution is -0.121. The van der Waals surface area contributed by atoms with Gasteiger partial charge in [0.1, 0.15) is 12.5 Å². The summed E-state index contributed by atoms with van der Waals surface area (Å²) in [6.45, 7) is 10.5. The Morgan fingerprint density at radius 2 is 1.86 bits per heavy atom. The van der Waals surface area contributed by atoms with Gasteiger partial charge < -0.3 is 10.2 Å². The van der Waals surface area contributed by atoms with Crippen LogP contribution in [0.15, 0.2) is 82.7 Å². The van der Waals surface area contributed by atoms with E-state index in [0.717, 1.165) is 35.7 Å². The smallest absolute Gasteiger partial charge is 0.260 e. The van der Waals surface area contributed by atoms with Gasteiger partial charge in [0.25, 0.3) is 5.91 Å². The number of carbonyl (C=O) groups is 1. The van der Waals surface area contributed by atoms with Crippen LogP contribution in [0.5, 0.6) is 0 Å². The molecule has 1 aromatic heterocycles. The Kier molecular flexibility index (Phi) is 9.25. The van der Waals surface area contributed by atoms with Crippen molar-refractivity contribution >= 4 is 41.3 Å². The van der Waals surface area contributed by atoms with E-state index in [1.54, 1.807) is 29.6 Å². The second-order valence-corrected chi connectivity index (χ2v) is 11.0. The van der Waals surface area contributed by atoms with Gasteiger partial charge in [-0.2, -0.15) is 0 Å². The van der Waals surface area contributed by atoms with E-state index in [4.69, 9.17) is 16.6 Å². The molecule has 9 heteroatoms. The summed E-state index contributed by atoms with van der Waals surface area (Å²) < 4.78 is 0. The molecule has 216 valence electrons. The van der Waals surface area contributed by atoms with Gasteiger partial charge in [-0.3, -0.25) is 24.7 Å². The van der Waals surface area contributed by atoms with Crippen molar-refractivity contribution in [1.82, 2.24) is 19.8 Å². The molecule has 1 amide bonds. The van der Waals surface area contributed by atoms with Crippen LogP contribution >= 0.6 is 11.6 Å². The van der Waals surface area contributed by atoms with Crippen molar-refractivity contribution in [3.8, 4) is 11.3 Å². The Balaban J connectivity index is 1.36. The van der Waals surface area contributed by atoms with Gasteiger partial charge in [-0.05, 0) is 89.3 Å². The molecule has 0 radical (unpaired) electrons. The maximum Gasteiger partial charge on any atom is 0.260 e. The molecule has 1 saturated heterocycles. The first kappa shape index (κ1) is 29.4. The van der Waals surface area contributed by atoms with Crippen LogP contribution in [0.3, 0.4) is 0 Å². The van der Waals surface area contributed by atoms with E-state index < -0.39 is 0 Å². The molecule has 0 atom stereocenters. The number of aryl methyl sites for hydroxylation is 1. The summed E-state index contributed by atoms with van der Waals surface area (Å²) in [5, 5.41) is 3.82. The Hall–Kier alpha value is -4.14. The summed E-state index contributed by atoms with van der Waals surface area (Å²) >= 11 is 6.74. The van der Waals surface area contributed by atoms with Crippen LogP contribution in [0.25, 0.3) is 16.8 Å². The van der Waals surface area contributed by atoms with Gasteiger partial charge >= 0.3 is 0 Å². The topological polar surface area (TPSA) is 86.1 Å². The summed E-state index contributed by atoms with van der Waals surface area (Å²) in [6.07, 6.45) is 9.09. The van der Waals surface area contributed by atoms with E-state index in [0.29, 0.717) is 46.7 Å². The molecule has 0 unspecified atom stereocenters. The number of anilines is 1. The zero-order chi connectivity index (χ0) is 29.6. The number of aromatic nitrogens is 2. The number of amidine groups is 1. The first-order chi connectivity index (χ1) is 20.4. The van der Waals surface area contributed by atoms with E-state index in [-0.39, 0.29) is 5.91 Å². The number of amides is 1. The van der Waals surface area contributed by atoms with Gasteiger partial charge in [-0.1, -0.05) is 35.9 Å². The van der Waals surface area contributed by atoms with Crippen LogP contribution < -0.4 is 5.32 Å². The number of hydrogen-bond acceptors (Lipinski definition) is 7. The lowest BCUT2D eigenvalue weighted by Crippen LogP contribution is -2.41. The van der Waals surface area contributed by atoms with Gasteiger partial charge in [0.15, 0.2) is 0 Å². The van der Waals surface area contributed by atoms with E-state index >= 15 is 0 Å². The minimum absolute atomic E-state index is 0.176. The molecule has 0 bridgehead atoms. The van der Waals surface area contributed by atoms with Crippen LogP contribution in [-0.2, 0) is 4.79 Å². The predicted octanol–water partition coefficient (Wildman–Crippen LogP) is 6.21. The summed E-state index contributed by atoms with van der Waals surface area (Å²) in [5.74, 6) is 0.977. The maximum absolute atomic E-state index is 13.7. The third kappa shape index (κ3) is 6.35. The summed E-state index contributed by atoms with van der Waals surface area (Å²) in [4.78, 5) is 35.3. The number of likely N-dealkylation sites (N-methyl/N-ethyl adjacent to an activating group) is 1. The van der Waals surface area contributed by atoms with E-state index in [1.165, 1.54) is 18.4 Å². The number of halogens is 1. The fourth-order valence-corrected chi connectivity index (χ4v) is 5.81. The average Bonchev–Trinajstić information content (AvgIpc) is 3.00. The lowest BCUT2D eigenvalue weighted by Gasteiger charge is -2.29. The first-order valence-electron chi connectivity index (χ1n) is 14.2. The highest BCUT2D eigenvalue weighted by Crippen LogP contribution is 2.34. The van der Waals surface area contributed by atoms with Gasteiger partial charge in [-0.15, -0.1) is 0 Å². The van der Waals surface area contributed by atoms with Crippen molar-refractivity contribution in [2.45, 2.75) is 32.6 Å². The quantitative estimate of drug-likeness (QED) is 0.320. The van der Waals surface area contributed by atoms with Crippen LogP contribution in [-0.4, -0.2) is 71.6 Å². The van der Waals surface area contributed by atoms with E-state index in [1.807, 2.05) is 32.0 Å². The molecule has 1 N–H and O–H groups in total. The molecule has 8 nitrogen and oxygen atoms in total. The molecule has 3 aromatic rings. The van der Waals surface area contributed by atoms with Crippen molar-refractivity contribution in [2.24, 2.45) is 9.98 Å². The normalized spacial score (nSPS) is 18.4. The number of benzene rings is 2. The SMILES string of the molecule is C=N/C=C1/C=C(c2ccc(-c3nccnc3C)cc2Cl)C(=O)N(CC)/C1=N/CNc1ccc(C2CCN(C)CC2)cc1. The van der Waals surface area contributed by atoms with Crippen LogP contribution in [0, 0.1) is 6.92 Å². The van der Waals surface area contributed by atoms with Crippen molar-refractivity contribution < 1.29 is 4.79 Å². The Morgan fingerprint density at radius 1 is 1.12 bits per heavy atom. The molecule has 0 saturated carbocycles. The number of piperidine rings is 1. The fraction of sp³-hybridized carbons (Fsp3) is 0.303. The van der Waals surface area contributed by atoms with E-state index in [9.17, 15) is 4.79 Å². The molecular weight excluding hydrogens is 546 g/mol. The lowest BCUT2D eigenvalue weighted by atomic mass is 9.89. The number of rotatable bonds is 8. The zero-order valence-electron chi connectivity index (χ0n) is 24.3. The second-order valence-electron chi connectivity index (χ2n) is 10.6. The number of nitrogens with zero attached hydrogens (tertiary/aromatic N) is 6. The molecule has 2 aromatic carbocycles. The number of hydrogen-bond donors (Lipinski definition) is 1.